The molecule has 2 rings (SSSR count). The Labute approximate surface area is 124 Å². The Morgan fingerprint density at radius 2 is 1.95 bits per heavy atom. The van der Waals surface area contributed by atoms with Crippen molar-refractivity contribution < 1.29 is 26.4 Å². The van der Waals surface area contributed by atoms with Crippen molar-refractivity contribution in [2.24, 2.45) is 0 Å². The summed E-state index contributed by atoms with van der Waals surface area (Å²) in [6.07, 6.45) is -3.48. The molecule has 0 saturated carbocycles. The van der Waals surface area contributed by atoms with Gasteiger partial charge >= 0.3 is 6.18 Å². The van der Waals surface area contributed by atoms with Crippen LogP contribution in [0.3, 0.4) is 0 Å². The highest BCUT2D eigenvalue weighted by atomic mass is 35.5. The molecule has 0 N–H and O–H groups in total. The zero-order chi connectivity index (χ0) is 15.8. The first-order valence-electron chi connectivity index (χ1n) is 6.12. The normalized spacial score (nSPS) is 22.0. The van der Waals surface area contributed by atoms with E-state index in [1.54, 1.807) is 0 Å². The lowest BCUT2D eigenvalue weighted by atomic mass is 10.0. The summed E-state index contributed by atoms with van der Waals surface area (Å²) >= 11 is 5.62. The average molecular weight is 342 g/mol. The number of pyridine rings is 1. The van der Waals surface area contributed by atoms with Gasteiger partial charge in [-0.2, -0.15) is 13.2 Å². The maximum Gasteiger partial charge on any atom is 0.433 e. The molecule has 0 amide bonds. The summed E-state index contributed by atoms with van der Waals surface area (Å²) in [6.45, 7) is 0. The average Bonchev–Trinajstić information content (AvgIpc) is 2.36. The molecule has 1 aromatic rings. The Kier molecular flexibility index (Phi) is 4.30. The summed E-state index contributed by atoms with van der Waals surface area (Å²) in [7, 11) is -3.58. The van der Waals surface area contributed by atoms with Gasteiger partial charge in [-0.3, -0.25) is 4.79 Å². The standard InChI is InChI=1S/C12H11ClF3NO3S/c13-11-7(4-5-9(17-11)12(14,15)16)10(18)8-3-1-2-6-21(8,19)20/h4-5,8H,1-3,6H2. The number of Topliss-reactive ketones (excluding diaryl/α,β-unsaturated/α-hetero) is 1. The minimum atomic E-state index is -4.68. The van der Waals surface area contributed by atoms with E-state index >= 15 is 0 Å². The number of ketones is 1. The smallest absolute Gasteiger partial charge is 0.293 e. The molecule has 2 heterocycles. The molecule has 1 saturated heterocycles. The summed E-state index contributed by atoms with van der Waals surface area (Å²) in [5.41, 5.74) is -1.52. The van der Waals surface area contributed by atoms with Crippen molar-refractivity contribution in [3.63, 3.8) is 0 Å². The number of sulfone groups is 1. The van der Waals surface area contributed by atoms with Crippen LogP contribution in [0, 0.1) is 0 Å². The number of aromatic nitrogens is 1. The third-order valence-electron chi connectivity index (χ3n) is 3.28. The van der Waals surface area contributed by atoms with Crippen LogP contribution in [-0.2, 0) is 16.0 Å². The van der Waals surface area contributed by atoms with E-state index in [1.807, 2.05) is 0 Å². The van der Waals surface area contributed by atoms with E-state index in [0.29, 0.717) is 18.9 Å². The fourth-order valence-corrected chi connectivity index (χ4v) is 4.32. The van der Waals surface area contributed by atoms with Crippen LogP contribution in [0.5, 0.6) is 0 Å². The van der Waals surface area contributed by atoms with Crippen molar-refractivity contribution in [1.82, 2.24) is 4.98 Å². The summed E-state index contributed by atoms with van der Waals surface area (Å²) in [6, 6.07) is 1.50. The molecule has 21 heavy (non-hydrogen) atoms. The van der Waals surface area contributed by atoms with Gasteiger partial charge in [0.25, 0.3) is 0 Å². The number of rotatable bonds is 2. The lowest BCUT2D eigenvalue weighted by Gasteiger charge is -2.21. The molecule has 1 aliphatic heterocycles. The first-order chi connectivity index (χ1) is 9.63. The lowest BCUT2D eigenvalue weighted by Crippen LogP contribution is -2.35. The summed E-state index contributed by atoms with van der Waals surface area (Å²) in [5, 5.41) is -1.88. The van der Waals surface area contributed by atoms with Crippen LogP contribution in [-0.4, -0.2) is 30.2 Å². The molecular weight excluding hydrogens is 331 g/mol. The van der Waals surface area contributed by atoms with E-state index in [-0.39, 0.29) is 17.7 Å². The highest BCUT2D eigenvalue weighted by Gasteiger charge is 2.38. The van der Waals surface area contributed by atoms with E-state index < -0.39 is 37.9 Å². The van der Waals surface area contributed by atoms with Crippen molar-refractivity contribution in [3.8, 4) is 0 Å². The molecule has 1 fully saturated rings. The first-order valence-corrected chi connectivity index (χ1v) is 8.22. The second-order valence-corrected chi connectivity index (χ2v) is 7.41. The summed E-state index contributed by atoms with van der Waals surface area (Å²) < 4.78 is 61.2. The third kappa shape index (κ3) is 3.37. The van der Waals surface area contributed by atoms with Crippen molar-refractivity contribution >= 4 is 27.2 Å². The van der Waals surface area contributed by atoms with E-state index in [1.165, 1.54) is 0 Å². The van der Waals surface area contributed by atoms with Gasteiger partial charge in [-0.05, 0) is 25.0 Å². The zero-order valence-electron chi connectivity index (χ0n) is 10.7. The maximum absolute atomic E-state index is 12.5. The van der Waals surface area contributed by atoms with Gasteiger partial charge < -0.3 is 0 Å². The van der Waals surface area contributed by atoms with Crippen molar-refractivity contribution in [2.75, 3.05) is 5.75 Å². The second kappa shape index (κ2) is 5.57. The first kappa shape index (κ1) is 16.2. The lowest BCUT2D eigenvalue weighted by molar-refractivity contribution is -0.141. The molecular formula is C12H11ClF3NO3S. The Hall–Kier alpha value is -1.15. The van der Waals surface area contributed by atoms with Crippen LogP contribution in [0.25, 0.3) is 0 Å². The fraction of sp³-hybridized carbons (Fsp3) is 0.500. The molecule has 4 nitrogen and oxygen atoms in total. The molecule has 1 aromatic heterocycles. The van der Waals surface area contributed by atoms with Gasteiger partial charge in [-0.15, -0.1) is 0 Å². The number of carbonyl (C=O) groups is 1. The molecule has 0 aromatic carbocycles. The van der Waals surface area contributed by atoms with Gasteiger partial charge in [-0.25, -0.2) is 13.4 Å². The van der Waals surface area contributed by atoms with Gasteiger partial charge in [0.1, 0.15) is 16.1 Å². The van der Waals surface area contributed by atoms with Crippen molar-refractivity contribution in [2.45, 2.75) is 30.7 Å². The Bertz CT molecular complexity index is 673. The molecule has 0 aliphatic carbocycles. The van der Waals surface area contributed by atoms with E-state index in [2.05, 4.69) is 4.98 Å². The molecule has 1 unspecified atom stereocenters. The predicted molar refractivity (Wildman–Crippen MR) is 70.0 cm³/mol. The number of carbonyl (C=O) groups excluding carboxylic acids is 1. The summed E-state index contributed by atoms with van der Waals surface area (Å²) in [4.78, 5) is 15.3. The van der Waals surface area contributed by atoms with Crippen LogP contribution in [0.4, 0.5) is 13.2 Å². The SMILES string of the molecule is O=C(c1ccc(C(F)(F)F)nc1Cl)C1CCCCS1(=O)=O. The number of hydrogen-bond acceptors (Lipinski definition) is 4. The van der Waals surface area contributed by atoms with Gasteiger partial charge in [0.05, 0.1) is 11.3 Å². The van der Waals surface area contributed by atoms with Crippen LogP contribution < -0.4 is 0 Å². The highest BCUT2D eigenvalue weighted by Crippen LogP contribution is 2.31. The Balaban J connectivity index is 2.36. The minimum absolute atomic E-state index is 0.102. The van der Waals surface area contributed by atoms with Crippen molar-refractivity contribution in [3.05, 3.63) is 28.5 Å². The van der Waals surface area contributed by atoms with Gasteiger partial charge in [0.15, 0.2) is 15.6 Å². The van der Waals surface area contributed by atoms with E-state index in [0.717, 1.165) is 6.07 Å². The van der Waals surface area contributed by atoms with Crippen LogP contribution in [0.2, 0.25) is 5.15 Å². The number of halogens is 4. The van der Waals surface area contributed by atoms with Crippen LogP contribution >= 0.6 is 11.6 Å². The van der Waals surface area contributed by atoms with E-state index in [9.17, 15) is 26.4 Å². The third-order valence-corrected chi connectivity index (χ3v) is 5.74. The predicted octanol–water partition coefficient (Wildman–Crippen LogP) is 2.90. The zero-order valence-corrected chi connectivity index (χ0v) is 12.2. The molecule has 1 aliphatic rings. The number of nitrogens with zero attached hydrogens (tertiary/aromatic N) is 1. The van der Waals surface area contributed by atoms with Crippen LogP contribution in [0.1, 0.15) is 35.3 Å². The van der Waals surface area contributed by atoms with Gasteiger partial charge in [0.2, 0.25) is 0 Å². The van der Waals surface area contributed by atoms with Gasteiger partial charge in [-0.1, -0.05) is 18.0 Å². The molecule has 1 atom stereocenters. The van der Waals surface area contributed by atoms with Crippen LogP contribution in [0.15, 0.2) is 12.1 Å². The molecule has 0 spiro atoms. The topological polar surface area (TPSA) is 64.1 Å². The fourth-order valence-electron chi connectivity index (χ4n) is 2.20. The molecule has 9 heteroatoms. The largest absolute Gasteiger partial charge is 0.433 e. The van der Waals surface area contributed by atoms with E-state index in [4.69, 9.17) is 11.6 Å². The summed E-state index contributed by atoms with van der Waals surface area (Å²) in [5.74, 6) is -0.893. The second-order valence-electron chi connectivity index (χ2n) is 4.75. The Morgan fingerprint density at radius 1 is 1.29 bits per heavy atom. The molecule has 0 bridgehead atoms. The molecule has 116 valence electrons. The Morgan fingerprint density at radius 3 is 2.48 bits per heavy atom. The number of hydrogen-bond donors (Lipinski definition) is 0. The van der Waals surface area contributed by atoms with Crippen molar-refractivity contribution in [1.29, 1.82) is 0 Å². The minimum Gasteiger partial charge on any atom is -0.293 e. The molecule has 0 radical (unpaired) electrons. The monoisotopic (exact) mass is 341 g/mol. The van der Waals surface area contributed by atoms with Gasteiger partial charge in [0, 0.05) is 0 Å². The number of alkyl halides is 3. The maximum atomic E-state index is 12.5. The highest BCUT2D eigenvalue weighted by molar-refractivity contribution is 7.92. The quantitative estimate of drug-likeness (QED) is 0.613.